The third-order valence-corrected chi connectivity index (χ3v) is 5.08. The molecule has 21 heavy (non-hydrogen) atoms. The molecule has 0 saturated carbocycles. The predicted octanol–water partition coefficient (Wildman–Crippen LogP) is 2.03. The summed E-state index contributed by atoms with van der Waals surface area (Å²) >= 11 is 0. The first-order valence-electron chi connectivity index (χ1n) is 8.65. The number of fused-ring (bicyclic) bond motifs is 2. The third kappa shape index (κ3) is 4.19. The van der Waals surface area contributed by atoms with E-state index < -0.39 is 0 Å². The van der Waals surface area contributed by atoms with E-state index in [1.807, 2.05) is 0 Å². The average molecular weight is 296 g/mol. The van der Waals surface area contributed by atoms with Gasteiger partial charge in [-0.05, 0) is 46.5 Å². The highest BCUT2D eigenvalue weighted by molar-refractivity contribution is 4.93. The number of hydrogen-bond donors (Lipinski definition) is 1. The van der Waals surface area contributed by atoms with Gasteiger partial charge in [-0.2, -0.15) is 0 Å². The summed E-state index contributed by atoms with van der Waals surface area (Å²) in [5.74, 6) is 0. The Kier molecular flexibility index (Phi) is 4.60. The first-order chi connectivity index (χ1) is 9.94. The zero-order valence-electron chi connectivity index (χ0n) is 14.0. The van der Waals surface area contributed by atoms with Crippen molar-refractivity contribution in [1.82, 2.24) is 10.2 Å². The molecule has 4 nitrogen and oxygen atoms in total. The summed E-state index contributed by atoms with van der Waals surface area (Å²) in [5, 5.41) is 3.72. The number of likely N-dealkylation sites (tertiary alicyclic amines) is 1. The Labute approximate surface area is 129 Å². The van der Waals surface area contributed by atoms with Crippen molar-refractivity contribution in [3.8, 4) is 0 Å². The molecule has 3 aliphatic heterocycles. The summed E-state index contributed by atoms with van der Waals surface area (Å²) in [6.45, 7) is 13.0. The van der Waals surface area contributed by atoms with E-state index in [2.05, 4.69) is 31.0 Å². The molecule has 4 heteroatoms. The molecule has 3 rings (SSSR count). The van der Waals surface area contributed by atoms with Gasteiger partial charge < -0.3 is 14.8 Å². The molecule has 0 amide bonds. The Morgan fingerprint density at radius 1 is 1.19 bits per heavy atom. The number of hydrogen-bond acceptors (Lipinski definition) is 4. The maximum absolute atomic E-state index is 5.98. The molecule has 0 spiro atoms. The van der Waals surface area contributed by atoms with Crippen LogP contribution in [0, 0.1) is 5.41 Å². The lowest BCUT2D eigenvalue weighted by Crippen LogP contribution is -2.55. The summed E-state index contributed by atoms with van der Waals surface area (Å²) in [5.41, 5.74) is 0.455. The van der Waals surface area contributed by atoms with Gasteiger partial charge in [0, 0.05) is 43.7 Å². The Hall–Kier alpha value is -0.160. The monoisotopic (exact) mass is 296 g/mol. The molecular formula is C17H32N2O2. The van der Waals surface area contributed by atoms with E-state index >= 15 is 0 Å². The number of ether oxygens (including phenoxy) is 2. The lowest BCUT2D eigenvalue weighted by Gasteiger charge is -2.44. The molecule has 3 saturated heterocycles. The van der Waals surface area contributed by atoms with Crippen LogP contribution in [0.1, 0.15) is 46.5 Å². The van der Waals surface area contributed by atoms with Crippen LogP contribution in [0.5, 0.6) is 0 Å². The molecule has 1 N–H and O–H groups in total. The molecule has 0 aromatic carbocycles. The molecule has 0 aromatic rings. The van der Waals surface area contributed by atoms with Gasteiger partial charge in [-0.25, -0.2) is 0 Å². The van der Waals surface area contributed by atoms with E-state index in [-0.39, 0.29) is 11.0 Å². The second-order valence-electron chi connectivity index (χ2n) is 8.41. The molecule has 2 bridgehead atoms. The van der Waals surface area contributed by atoms with Crippen LogP contribution in [0.15, 0.2) is 0 Å². The number of nitrogens with zero attached hydrogens (tertiary/aromatic N) is 1. The van der Waals surface area contributed by atoms with E-state index in [1.165, 1.54) is 25.7 Å². The lowest BCUT2D eigenvalue weighted by atomic mass is 9.81. The molecular weight excluding hydrogens is 264 g/mol. The highest BCUT2D eigenvalue weighted by Gasteiger charge is 2.40. The zero-order chi connectivity index (χ0) is 14.9. The number of morpholine rings is 1. The molecule has 3 heterocycles. The normalized spacial score (nSPS) is 37.9. The van der Waals surface area contributed by atoms with Crippen molar-refractivity contribution in [3.05, 3.63) is 0 Å². The summed E-state index contributed by atoms with van der Waals surface area (Å²) in [4.78, 5) is 2.64. The first-order valence-corrected chi connectivity index (χ1v) is 8.65. The molecule has 3 unspecified atom stereocenters. The first kappa shape index (κ1) is 15.7. The van der Waals surface area contributed by atoms with Crippen LogP contribution in [-0.4, -0.2) is 62.0 Å². The fourth-order valence-corrected chi connectivity index (χ4v) is 3.99. The van der Waals surface area contributed by atoms with Crippen molar-refractivity contribution in [2.24, 2.45) is 5.41 Å². The Morgan fingerprint density at radius 2 is 1.90 bits per heavy atom. The van der Waals surface area contributed by atoms with Crippen molar-refractivity contribution in [2.75, 3.05) is 39.4 Å². The Morgan fingerprint density at radius 3 is 2.48 bits per heavy atom. The molecule has 3 aliphatic rings. The highest BCUT2D eigenvalue weighted by Crippen LogP contribution is 2.33. The van der Waals surface area contributed by atoms with E-state index in [9.17, 15) is 0 Å². The van der Waals surface area contributed by atoms with Gasteiger partial charge in [-0.3, -0.25) is 4.90 Å². The second kappa shape index (κ2) is 6.15. The molecule has 3 atom stereocenters. The second-order valence-corrected chi connectivity index (χ2v) is 8.41. The molecule has 122 valence electrons. The van der Waals surface area contributed by atoms with Gasteiger partial charge in [0.05, 0.1) is 18.8 Å². The van der Waals surface area contributed by atoms with Gasteiger partial charge in [0.1, 0.15) is 0 Å². The smallest absolute Gasteiger partial charge is 0.0707 e. The van der Waals surface area contributed by atoms with Crippen LogP contribution in [0.2, 0.25) is 0 Å². The Bertz CT molecular complexity index is 335. The average Bonchev–Trinajstić information content (AvgIpc) is 2.76. The maximum Gasteiger partial charge on any atom is 0.0707 e. The largest absolute Gasteiger partial charge is 0.381 e. The maximum atomic E-state index is 5.98. The van der Waals surface area contributed by atoms with Gasteiger partial charge in [-0.15, -0.1) is 0 Å². The molecule has 3 fully saturated rings. The van der Waals surface area contributed by atoms with Gasteiger partial charge >= 0.3 is 0 Å². The van der Waals surface area contributed by atoms with Crippen molar-refractivity contribution >= 4 is 0 Å². The lowest BCUT2D eigenvalue weighted by molar-refractivity contribution is -0.0755. The van der Waals surface area contributed by atoms with Crippen molar-refractivity contribution in [3.63, 3.8) is 0 Å². The van der Waals surface area contributed by atoms with Gasteiger partial charge in [0.2, 0.25) is 0 Å². The molecule has 0 radical (unpaired) electrons. The SMILES string of the molecule is CC(C)(C)NCC1(CN2CC3CCC(C2)O3)CCCOC1. The third-order valence-electron chi connectivity index (χ3n) is 5.08. The molecule has 0 aromatic heterocycles. The fourth-order valence-electron chi connectivity index (χ4n) is 3.99. The summed E-state index contributed by atoms with van der Waals surface area (Å²) < 4.78 is 11.8. The van der Waals surface area contributed by atoms with Crippen molar-refractivity contribution in [1.29, 1.82) is 0 Å². The topological polar surface area (TPSA) is 33.7 Å². The van der Waals surface area contributed by atoms with Crippen molar-refractivity contribution < 1.29 is 9.47 Å². The van der Waals surface area contributed by atoms with Gasteiger partial charge in [-0.1, -0.05) is 0 Å². The predicted molar refractivity (Wildman–Crippen MR) is 84.6 cm³/mol. The van der Waals surface area contributed by atoms with Crippen LogP contribution in [0.4, 0.5) is 0 Å². The van der Waals surface area contributed by atoms with E-state index in [0.29, 0.717) is 12.2 Å². The van der Waals surface area contributed by atoms with Crippen LogP contribution >= 0.6 is 0 Å². The highest BCUT2D eigenvalue weighted by atomic mass is 16.5. The van der Waals surface area contributed by atoms with Gasteiger partial charge in [0.25, 0.3) is 0 Å². The van der Waals surface area contributed by atoms with Crippen LogP contribution < -0.4 is 5.32 Å². The standard InChI is InChI=1S/C17H32N2O2/c1-16(2,3)18-11-17(7-4-8-20-13-17)12-19-9-14-5-6-15(10-19)21-14/h14-15,18H,4-13H2,1-3H3. The van der Waals surface area contributed by atoms with E-state index in [0.717, 1.165) is 39.4 Å². The number of nitrogens with one attached hydrogen (secondary N) is 1. The quantitative estimate of drug-likeness (QED) is 0.861. The minimum absolute atomic E-state index is 0.175. The number of rotatable bonds is 4. The van der Waals surface area contributed by atoms with Gasteiger partial charge in [0.15, 0.2) is 0 Å². The van der Waals surface area contributed by atoms with E-state index in [1.54, 1.807) is 0 Å². The van der Waals surface area contributed by atoms with Crippen LogP contribution in [0.3, 0.4) is 0 Å². The van der Waals surface area contributed by atoms with Crippen molar-refractivity contribution in [2.45, 2.75) is 64.2 Å². The fraction of sp³-hybridized carbons (Fsp3) is 1.00. The van der Waals surface area contributed by atoms with Crippen LogP contribution in [-0.2, 0) is 9.47 Å². The molecule has 0 aliphatic carbocycles. The summed E-state index contributed by atoms with van der Waals surface area (Å²) in [6.07, 6.45) is 5.96. The zero-order valence-corrected chi connectivity index (χ0v) is 14.0. The summed E-state index contributed by atoms with van der Waals surface area (Å²) in [7, 11) is 0. The minimum Gasteiger partial charge on any atom is -0.381 e. The Balaban J connectivity index is 1.61. The summed E-state index contributed by atoms with van der Waals surface area (Å²) in [6, 6.07) is 0. The van der Waals surface area contributed by atoms with E-state index in [4.69, 9.17) is 9.47 Å². The minimum atomic E-state index is 0.175. The van der Waals surface area contributed by atoms with Crippen LogP contribution in [0.25, 0.3) is 0 Å².